The monoisotopic (exact) mass is 347 g/mol. The highest BCUT2D eigenvalue weighted by molar-refractivity contribution is 8.01. The van der Waals surface area contributed by atoms with Gasteiger partial charge in [0.1, 0.15) is 5.25 Å². The summed E-state index contributed by atoms with van der Waals surface area (Å²) < 4.78 is 4.72. The molecular weight excluding hydrogens is 322 g/mol. The van der Waals surface area contributed by atoms with Crippen molar-refractivity contribution in [1.82, 2.24) is 0 Å². The largest absolute Gasteiger partial charge is 0.468 e. The summed E-state index contributed by atoms with van der Waals surface area (Å²) in [5.41, 5.74) is 3.10. The summed E-state index contributed by atoms with van der Waals surface area (Å²) in [6, 6.07) is 8.21. The third-order valence-electron chi connectivity index (χ3n) is 4.56. The van der Waals surface area contributed by atoms with Crippen LogP contribution >= 0.6 is 11.8 Å². The highest BCUT2D eigenvalue weighted by Gasteiger charge is 2.38. The molecule has 0 N–H and O–H groups in total. The molecule has 0 saturated heterocycles. The van der Waals surface area contributed by atoms with Crippen molar-refractivity contribution in [3.05, 3.63) is 41.6 Å². The van der Waals surface area contributed by atoms with Crippen LogP contribution in [0, 0.1) is 0 Å². The van der Waals surface area contributed by atoms with Gasteiger partial charge in [0.2, 0.25) is 0 Å². The Bertz CT molecular complexity index is 681. The Morgan fingerprint density at radius 3 is 2.42 bits per heavy atom. The molecule has 0 radical (unpaired) electrons. The van der Waals surface area contributed by atoms with E-state index in [9.17, 15) is 9.59 Å². The predicted octanol–water partition coefficient (Wildman–Crippen LogP) is 3.55. The number of anilines is 1. The SMILES string of the molecule is COC(=O)C(C)SC(C)C(=O)/C=C1/N(C)c2ccccc2C1(C)C. The second-order valence-corrected chi connectivity index (χ2v) is 8.26. The molecule has 0 fully saturated rings. The van der Waals surface area contributed by atoms with Gasteiger partial charge in [0.15, 0.2) is 5.78 Å². The molecule has 0 bridgehead atoms. The highest BCUT2D eigenvalue weighted by Crippen LogP contribution is 2.46. The van der Waals surface area contributed by atoms with E-state index >= 15 is 0 Å². The van der Waals surface area contributed by atoms with Gasteiger partial charge in [0, 0.05) is 29.9 Å². The number of likely N-dealkylation sites (N-methyl/N-ethyl adjacent to an activating group) is 1. The minimum atomic E-state index is -0.362. The molecule has 2 atom stereocenters. The Hall–Kier alpha value is -1.75. The van der Waals surface area contributed by atoms with Crippen LogP contribution in [0.3, 0.4) is 0 Å². The number of allylic oxidation sites excluding steroid dienone is 2. The molecule has 1 aromatic rings. The number of nitrogens with zero attached hydrogens (tertiary/aromatic N) is 1. The molecule has 5 heteroatoms. The number of esters is 1. The zero-order chi connectivity index (χ0) is 18.1. The fourth-order valence-corrected chi connectivity index (χ4v) is 4.13. The van der Waals surface area contributed by atoms with Gasteiger partial charge in [-0.25, -0.2) is 0 Å². The Balaban J connectivity index is 2.22. The fourth-order valence-electron chi connectivity index (χ4n) is 3.11. The topological polar surface area (TPSA) is 46.6 Å². The summed E-state index contributed by atoms with van der Waals surface area (Å²) in [5, 5.41) is -0.668. The smallest absolute Gasteiger partial charge is 0.318 e. The number of benzene rings is 1. The van der Waals surface area contributed by atoms with Gasteiger partial charge in [-0.1, -0.05) is 32.0 Å². The summed E-state index contributed by atoms with van der Waals surface area (Å²) in [6.45, 7) is 7.85. The Kier molecular flexibility index (Phi) is 5.43. The molecule has 2 rings (SSSR count). The number of hydrogen-bond donors (Lipinski definition) is 0. The zero-order valence-corrected chi connectivity index (χ0v) is 15.9. The summed E-state index contributed by atoms with van der Waals surface area (Å²) in [6.07, 6.45) is 1.72. The predicted molar refractivity (Wildman–Crippen MR) is 99.5 cm³/mol. The quantitative estimate of drug-likeness (QED) is 0.602. The maximum atomic E-state index is 12.7. The van der Waals surface area contributed by atoms with Crippen molar-refractivity contribution >= 4 is 29.2 Å². The van der Waals surface area contributed by atoms with E-state index in [1.165, 1.54) is 24.4 Å². The minimum absolute atomic E-state index is 0.0125. The highest BCUT2D eigenvalue weighted by atomic mass is 32.2. The standard InChI is InChI=1S/C19H25NO3S/c1-12(24-13(2)18(22)23-6)16(21)11-17-19(3,4)14-9-7-8-10-15(14)20(17)5/h7-13H,1-6H3/b17-11+. The maximum absolute atomic E-state index is 12.7. The van der Waals surface area contributed by atoms with E-state index in [0.29, 0.717) is 0 Å². The first-order valence-electron chi connectivity index (χ1n) is 8.02. The van der Waals surface area contributed by atoms with E-state index in [1.807, 2.05) is 26.1 Å². The van der Waals surface area contributed by atoms with Crippen LogP contribution in [0.1, 0.15) is 33.3 Å². The maximum Gasteiger partial charge on any atom is 0.318 e. The summed E-state index contributed by atoms with van der Waals surface area (Å²) in [7, 11) is 3.35. The number of ketones is 1. The van der Waals surface area contributed by atoms with Crippen LogP contribution in [-0.2, 0) is 19.7 Å². The van der Waals surface area contributed by atoms with Crippen LogP contribution in [0.5, 0.6) is 0 Å². The number of thioether (sulfide) groups is 1. The molecule has 0 amide bonds. The molecular formula is C19H25NO3S. The van der Waals surface area contributed by atoms with Gasteiger partial charge in [-0.2, -0.15) is 0 Å². The molecule has 0 saturated carbocycles. The molecule has 1 heterocycles. The van der Waals surface area contributed by atoms with Crippen LogP contribution in [-0.4, -0.2) is 36.4 Å². The van der Waals surface area contributed by atoms with E-state index in [0.717, 1.165) is 11.4 Å². The molecule has 0 aliphatic carbocycles. The van der Waals surface area contributed by atoms with Crippen molar-refractivity contribution in [1.29, 1.82) is 0 Å². The molecule has 24 heavy (non-hydrogen) atoms. The van der Waals surface area contributed by atoms with Crippen molar-refractivity contribution in [3.8, 4) is 0 Å². The van der Waals surface area contributed by atoms with Crippen molar-refractivity contribution in [2.75, 3.05) is 19.1 Å². The number of fused-ring (bicyclic) bond motifs is 1. The fraction of sp³-hybridized carbons (Fsp3) is 0.474. The number of para-hydroxylation sites is 1. The number of carbonyl (C=O) groups is 2. The molecule has 2 unspecified atom stereocenters. The summed E-state index contributed by atoms with van der Waals surface area (Å²) in [5.74, 6) is -0.295. The van der Waals surface area contributed by atoms with Gasteiger partial charge in [0.05, 0.1) is 12.4 Å². The lowest BCUT2D eigenvalue weighted by atomic mass is 9.83. The average molecular weight is 347 g/mol. The van der Waals surface area contributed by atoms with Gasteiger partial charge in [0.25, 0.3) is 0 Å². The molecule has 0 aromatic heterocycles. The summed E-state index contributed by atoms with van der Waals surface area (Å²) >= 11 is 1.32. The molecule has 0 spiro atoms. The third kappa shape index (κ3) is 3.36. The number of methoxy groups -OCH3 is 1. The van der Waals surface area contributed by atoms with E-state index < -0.39 is 0 Å². The van der Waals surface area contributed by atoms with Gasteiger partial charge >= 0.3 is 5.97 Å². The average Bonchev–Trinajstić information content (AvgIpc) is 2.75. The second kappa shape index (κ2) is 7.01. The van der Waals surface area contributed by atoms with Crippen LogP contribution in [0.25, 0.3) is 0 Å². The van der Waals surface area contributed by atoms with Crippen molar-refractivity contribution in [3.63, 3.8) is 0 Å². The van der Waals surface area contributed by atoms with E-state index in [2.05, 4.69) is 30.9 Å². The Labute approximate surface area is 148 Å². The van der Waals surface area contributed by atoms with Crippen molar-refractivity contribution in [2.24, 2.45) is 0 Å². The van der Waals surface area contributed by atoms with Gasteiger partial charge in [-0.15, -0.1) is 11.8 Å². The van der Waals surface area contributed by atoms with Gasteiger partial charge < -0.3 is 9.64 Å². The van der Waals surface area contributed by atoms with Crippen LogP contribution in [0.2, 0.25) is 0 Å². The Morgan fingerprint density at radius 1 is 1.21 bits per heavy atom. The van der Waals surface area contributed by atoms with Crippen molar-refractivity contribution < 1.29 is 14.3 Å². The van der Waals surface area contributed by atoms with Crippen molar-refractivity contribution in [2.45, 2.75) is 43.6 Å². The van der Waals surface area contributed by atoms with E-state index in [4.69, 9.17) is 4.74 Å². The Morgan fingerprint density at radius 2 is 1.83 bits per heavy atom. The van der Waals surface area contributed by atoms with Crippen LogP contribution < -0.4 is 4.90 Å². The zero-order valence-electron chi connectivity index (χ0n) is 15.1. The minimum Gasteiger partial charge on any atom is -0.468 e. The van der Waals surface area contributed by atoms with Gasteiger partial charge in [-0.3, -0.25) is 9.59 Å². The third-order valence-corrected chi connectivity index (χ3v) is 5.80. The first-order valence-corrected chi connectivity index (χ1v) is 8.97. The van der Waals surface area contributed by atoms with Crippen LogP contribution in [0.15, 0.2) is 36.0 Å². The molecule has 4 nitrogen and oxygen atoms in total. The number of carbonyl (C=O) groups excluding carboxylic acids is 2. The lowest BCUT2D eigenvalue weighted by molar-refractivity contribution is -0.139. The van der Waals surface area contributed by atoms with E-state index in [-0.39, 0.29) is 27.7 Å². The number of rotatable bonds is 5. The normalized spacial score (nSPS) is 19.8. The van der Waals surface area contributed by atoms with E-state index in [1.54, 1.807) is 13.0 Å². The first-order chi connectivity index (χ1) is 11.2. The lowest BCUT2D eigenvalue weighted by Gasteiger charge is -2.24. The number of ether oxygens (including phenoxy) is 1. The molecule has 130 valence electrons. The molecule has 1 aromatic carbocycles. The second-order valence-electron chi connectivity index (χ2n) is 6.58. The molecule has 1 aliphatic heterocycles. The molecule has 1 aliphatic rings. The summed E-state index contributed by atoms with van der Waals surface area (Å²) in [4.78, 5) is 26.3. The van der Waals surface area contributed by atoms with Gasteiger partial charge in [-0.05, 0) is 25.5 Å². The first kappa shape index (κ1) is 18.6. The van der Waals surface area contributed by atoms with Crippen LogP contribution in [0.4, 0.5) is 5.69 Å². The lowest BCUT2D eigenvalue weighted by Crippen LogP contribution is -2.26. The number of hydrogen-bond acceptors (Lipinski definition) is 5.